The molecule has 0 N–H and O–H groups in total. The minimum atomic E-state index is -1.22. The van der Waals surface area contributed by atoms with E-state index < -0.39 is 5.97 Å². The molecule has 0 aliphatic heterocycles. The van der Waals surface area contributed by atoms with Crippen molar-refractivity contribution in [1.29, 1.82) is 0 Å². The van der Waals surface area contributed by atoms with Gasteiger partial charge >= 0.3 is 0 Å². The molecule has 24 heavy (non-hydrogen) atoms. The first-order chi connectivity index (χ1) is 11.7. The van der Waals surface area contributed by atoms with Crippen molar-refractivity contribution in [2.45, 2.75) is 6.42 Å². The first kappa shape index (κ1) is 16.7. The average molecular weight is 403 g/mol. The molecular weight excluding hydrogens is 390 g/mol. The molecule has 0 amide bonds. The standard InChI is InChI=1S/C18H14BrNO3S/c19-9-8-12-4-6-13(7-5-12)16-11-24-18(23-16)20-15-3-1-2-14(10-15)17(21)22/h1-7,10-11H,8-9H2,(H,21,22)/p-1. The zero-order valence-electron chi connectivity index (χ0n) is 12.6. The average Bonchev–Trinajstić information content (AvgIpc) is 3.04. The molecule has 0 aliphatic carbocycles. The molecule has 0 atom stereocenters. The maximum absolute atomic E-state index is 10.9. The van der Waals surface area contributed by atoms with Crippen LogP contribution in [0.1, 0.15) is 15.9 Å². The maximum atomic E-state index is 10.9. The first-order valence-electron chi connectivity index (χ1n) is 7.26. The van der Waals surface area contributed by atoms with Crippen molar-refractivity contribution in [3.63, 3.8) is 0 Å². The molecule has 0 aliphatic rings. The molecule has 0 saturated carbocycles. The van der Waals surface area contributed by atoms with Crippen LogP contribution >= 0.6 is 27.3 Å². The largest absolute Gasteiger partial charge is 0.545 e. The van der Waals surface area contributed by atoms with Crippen LogP contribution in [0, 0.1) is 0 Å². The Morgan fingerprint density at radius 1 is 1.21 bits per heavy atom. The second kappa shape index (κ2) is 7.59. The molecular formula is C18H13BrNO3S-. The quantitative estimate of drug-likeness (QED) is 0.612. The summed E-state index contributed by atoms with van der Waals surface area (Å²) < 4.78 is 5.75. The summed E-state index contributed by atoms with van der Waals surface area (Å²) in [4.78, 5) is 15.7. The highest BCUT2D eigenvalue weighted by Crippen LogP contribution is 2.21. The van der Waals surface area contributed by atoms with Crippen molar-refractivity contribution in [1.82, 2.24) is 0 Å². The summed E-state index contributed by atoms with van der Waals surface area (Å²) in [6.07, 6.45) is 0.983. The highest BCUT2D eigenvalue weighted by molar-refractivity contribution is 9.09. The second-order valence-electron chi connectivity index (χ2n) is 5.05. The van der Waals surface area contributed by atoms with Gasteiger partial charge in [-0.25, -0.2) is 4.99 Å². The molecule has 4 nitrogen and oxygen atoms in total. The van der Waals surface area contributed by atoms with Crippen molar-refractivity contribution in [2.75, 3.05) is 5.33 Å². The van der Waals surface area contributed by atoms with E-state index in [1.807, 2.05) is 17.5 Å². The van der Waals surface area contributed by atoms with Gasteiger partial charge < -0.3 is 14.3 Å². The second-order valence-corrected chi connectivity index (χ2v) is 6.67. The molecule has 3 rings (SSSR count). The SMILES string of the molecule is O=C([O-])c1cccc(N=c2oc(-c3ccc(CCBr)cc3)cs2)c1. The third-order valence-corrected chi connectivity index (χ3v) is 4.49. The van der Waals surface area contributed by atoms with Crippen LogP contribution in [0.5, 0.6) is 0 Å². The van der Waals surface area contributed by atoms with Crippen molar-refractivity contribution < 1.29 is 14.3 Å². The first-order valence-corrected chi connectivity index (χ1v) is 9.26. The molecule has 1 heterocycles. The van der Waals surface area contributed by atoms with E-state index in [0.29, 0.717) is 10.6 Å². The molecule has 0 bridgehead atoms. The lowest BCUT2D eigenvalue weighted by atomic mass is 10.1. The molecule has 122 valence electrons. The smallest absolute Gasteiger partial charge is 0.279 e. The number of hydrogen-bond donors (Lipinski definition) is 0. The topological polar surface area (TPSA) is 65.6 Å². The van der Waals surface area contributed by atoms with Crippen LogP contribution in [0.3, 0.4) is 0 Å². The lowest BCUT2D eigenvalue weighted by Crippen LogP contribution is -2.21. The Hall–Kier alpha value is -2.18. The molecule has 0 spiro atoms. The Bertz CT molecular complexity index is 912. The van der Waals surface area contributed by atoms with Crippen LogP contribution in [0.4, 0.5) is 5.69 Å². The number of aryl methyl sites for hydroxylation is 1. The van der Waals surface area contributed by atoms with Gasteiger partial charge in [0.2, 0.25) is 0 Å². The maximum Gasteiger partial charge on any atom is 0.279 e. The zero-order valence-corrected chi connectivity index (χ0v) is 15.0. The number of carbonyl (C=O) groups excluding carboxylic acids is 1. The lowest BCUT2D eigenvalue weighted by Gasteiger charge is -2.01. The third-order valence-electron chi connectivity index (χ3n) is 3.39. The molecule has 0 fully saturated rings. The molecule has 6 heteroatoms. The highest BCUT2D eigenvalue weighted by atomic mass is 79.9. The molecule has 0 radical (unpaired) electrons. The monoisotopic (exact) mass is 402 g/mol. The Morgan fingerprint density at radius 2 is 2.00 bits per heavy atom. The van der Waals surface area contributed by atoms with E-state index >= 15 is 0 Å². The van der Waals surface area contributed by atoms with Gasteiger partial charge in [0.05, 0.1) is 11.7 Å². The van der Waals surface area contributed by atoms with Gasteiger partial charge in [-0.05, 0) is 29.7 Å². The van der Waals surface area contributed by atoms with Crippen molar-refractivity contribution in [3.05, 3.63) is 69.9 Å². The summed E-state index contributed by atoms with van der Waals surface area (Å²) in [5.41, 5.74) is 2.85. The van der Waals surface area contributed by atoms with Gasteiger partial charge in [-0.3, -0.25) is 0 Å². The summed E-state index contributed by atoms with van der Waals surface area (Å²) in [5, 5.41) is 13.7. The fourth-order valence-electron chi connectivity index (χ4n) is 2.17. The van der Waals surface area contributed by atoms with Gasteiger partial charge in [-0.15, -0.1) is 0 Å². The van der Waals surface area contributed by atoms with E-state index in [1.54, 1.807) is 12.1 Å². The van der Waals surface area contributed by atoms with Crippen molar-refractivity contribution >= 4 is 38.9 Å². The van der Waals surface area contributed by atoms with Gasteiger partial charge in [0.25, 0.3) is 4.87 Å². The normalized spacial score (nSPS) is 11.6. The van der Waals surface area contributed by atoms with E-state index in [2.05, 4.69) is 33.1 Å². The fourth-order valence-corrected chi connectivity index (χ4v) is 3.32. The van der Waals surface area contributed by atoms with Crippen molar-refractivity contribution in [3.8, 4) is 11.3 Å². The van der Waals surface area contributed by atoms with Gasteiger partial charge in [0, 0.05) is 16.3 Å². The summed E-state index contributed by atoms with van der Waals surface area (Å²) >= 11 is 4.79. The van der Waals surface area contributed by atoms with Gasteiger partial charge in [0.1, 0.15) is 5.76 Å². The minimum Gasteiger partial charge on any atom is -0.545 e. The van der Waals surface area contributed by atoms with Crippen molar-refractivity contribution in [2.24, 2.45) is 4.99 Å². The molecule has 3 aromatic rings. The van der Waals surface area contributed by atoms with E-state index in [9.17, 15) is 9.90 Å². The molecule has 1 aromatic heterocycles. The van der Waals surface area contributed by atoms with Crippen LogP contribution in [0.25, 0.3) is 11.3 Å². The third kappa shape index (κ3) is 4.01. The number of halogens is 1. The van der Waals surface area contributed by atoms with Gasteiger partial charge in [-0.1, -0.05) is 63.7 Å². The van der Waals surface area contributed by atoms with Crippen LogP contribution in [0.15, 0.2) is 63.3 Å². The number of nitrogens with zero attached hydrogens (tertiary/aromatic N) is 1. The Morgan fingerprint density at radius 3 is 2.71 bits per heavy atom. The molecule has 2 aromatic carbocycles. The Labute approximate surface area is 151 Å². The lowest BCUT2D eigenvalue weighted by molar-refractivity contribution is -0.255. The number of hydrogen-bond acceptors (Lipinski definition) is 5. The van der Waals surface area contributed by atoms with Gasteiger partial charge in [-0.2, -0.15) is 0 Å². The number of carbonyl (C=O) groups is 1. The number of alkyl halides is 1. The Balaban J connectivity index is 1.87. The summed E-state index contributed by atoms with van der Waals surface area (Å²) in [6, 6.07) is 14.5. The number of aromatic carboxylic acids is 1. The molecule has 0 saturated heterocycles. The van der Waals surface area contributed by atoms with Crippen LogP contribution in [0.2, 0.25) is 0 Å². The van der Waals surface area contributed by atoms with E-state index in [0.717, 1.165) is 23.1 Å². The van der Waals surface area contributed by atoms with E-state index in [-0.39, 0.29) is 5.56 Å². The number of rotatable bonds is 5. The summed E-state index contributed by atoms with van der Waals surface area (Å²) in [7, 11) is 0. The number of benzene rings is 2. The van der Waals surface area contributed by atoms with E-state index in [1.165, 1.54) is 29.0 Å². The number of carboxylic acids is 1. The predicted molar refractivity (Wildman–Crippen MR) is 95.5 cm³/mol. The zero-order chi connectivity index (χ0) is 16.9. The summed E-state index contributed by atoms with van der Waals surface area (Å²) in [5.74, 6) is -0.486. The van der Waals surface area contributed by atoms with E-state index in [4.69, 9.17) is 4.42 Å². The van der Waals surface area contributed by atoms with Crippen LogP contribution < -0.4 is 9.97 Å². The highest BCUT2D eigenvalue weighted by Gasteiger charge is 2.03. The molecule has 0 unspecified atom stereocenters. The fraction of sp³-hybridized carbons (Fsp3) is 0.111. The number of carboxylic acid groups (broad SMARTS) is 1. The van der Waals surface area contributed by atoms with Gasteiger partial charge in [0.15, 0.2) is 0 Å². The van der Waals surface area contributed by atoms with Crippen LogP contribution in [-0.4, -0.2) is 11.3 Å². The summed E-state index contributed by atoms with van der Waals surface area (Å²) in [6.45, 7) is 0. The minimum absolute atomic E-state index is 0.0930. The Kier molecular flexibility index (Phi) is 5.27. The predicted octanol–water partition coefficient (Wildman–Crippen LogP) is 3.54. The van der Waals surface area contributed by atoms with Crippen LogP contribution in [-0.2, 0) is 6.42 Å².